The van der Waals surface area contributed by atoms with Crippen LogP contribution in [0.3, 0.4) is 0 Å². The van der Waals surface area contributed by atoms with Crippen LogP contribution in [0.4, 0.5) is 0 Å². The molecule has 0 saturated heterocycles. The molecule has 0 fully saturated rings. The van der Waals surface area contributed by atoms with Gasteiger partial charge in [0.25, 0.3) is 0 Å². The van der Waals surface area contributed by atoms with Gasteiger partial charge in [0.1, 0.15) is 5.75 Å². The standard InChI is InChI=1S/C17H14N2O4/c1-17(16(20)21,22-12-7-3-2-4-8-12)23-15-11-18-13-9-5-6-10-14(13)19-15/h2-11H,1H3,(H,20,21). The SMILES string of the molecule is CC(Oc1ccccc1)(Oc1cnc2ccccc2n1)C(=O)O. The molecule has 116 valence electrons. The molecule has 3 rings (SSSR count). The van der Waals surface area contributed by atoms with E-state index in [0.717, 1.165) is 0 Å². The Kier molecular flexibility index (Phi) is 3.80. The highest BCUT2D eigenvalue weighted by atomic mass is 16.7. The predicted octanol–water partition coefficient (Wildman–Crippen LogP) is 2.89. The lowest BCUT2D eigenvalue weighted by Gasteiger charge is -2.26. The molecule has 3 aromatic rings. The van der Waals surface area contributed by atoms with Gasteiger partial charge in [-0.15, -0.1) is 0 Å². The van der Waals surface area contributed by atoms with Crippen molar-refractivity contribution < 1.29 is 19.4 Å². The highest BCUT2D eigenvalue weighted by Gasteiger charge is 2.39. The van der Waals surface area contributed by atoms with Crippen molar-refractivity contribution in [2.45, 2.75) is 12.7 Å². The molecule has 1 N–H and O–H groups in total. The summed E-state index contributed by atoms with van der Waals surface area (Å²) in [6.45, 7) is 1.32. The Hall–Kier alpha value is -3.15. The first-order valence-corrected chi connectivity index (χ1v) is 6.95. The van der Waals surface area contributed by atoms with E-state index in [1.165, 1.54) is 13.1 Å². The summed E-state index contributed by atoms with van der Waals surface area (Å²) in [5.41, 5.74) is 1.30. The molecule has 0 aliphatic rings. The first kappa shape index (κ1) is 14.8. The van der Waals surface area contributed by atoms with Gasteiger partial charge in [-0.3, -0.25) is 0 Å². The molecule has 0 bridgehead atoms. The second-order valence-corrected chi connectivity index (χ2v) is 4.96. The fourth-order valence-electron chi connectivity index (χ4n) is 2.01. The number of carbonyl (C=O) groups is 1. The fourth-order valence-corrected chi connectivity index (χ4v) is 2.01. The molecule has 1 unspecified atom stereocenters. The normalized spacial score (nSPS) is 13.3. The average Bonchev–Trinajstić information content (AvgIpc) is 2.55. The summed E-state index contributed by atoms with van der Waals surface area (Å²) >= 11 is 0. The largest absolute Gasteiger partial charge is 0.475 e. The van der Waals surface area contributed by atoms with Gasteiger partial charge in [-0.1, -0.05) is 30.3 Å². The third-order valence-electron chi connectivity index (χ3n) is 3.17. The van der Waals surface area contributed by atoms with Gasteiger partial charge in [0.15, 0.2) is 0 Å². The van der Waals surface area contributed by atoms with E-state index in [4.69, 9.17) is 9.47 Å². The van der Waals surface area contributed by atoms with Gasteiger partial charge in [-0.2, -0.15) is 0 Å². The zero-order valence-corrected chi connectivity index (χ0v) is 12.3. The van der Waals surface area contributed by atoms with Crippen LogP contribution >= 0.6 is 0 Å². The molecule has 1 heterocycles. The van der Waals surface area contributed by atoms with E-state index >= 15 is 0 Å². The molecule has 0 spiro atoms. The van der Waals surface area contributed by atoms with Crippen LogP contribution in [0.5, 0.6) is 11.6 Å². The Labute approximate surface area is 132 Å². The zero-order chi connectivity index (χ0) is 16.3. The van der Waals surface area contributed by atoms with E-state index in [1.54, 1.807) is 36.4 Å². The van der Waals surface area contributed by atoms with Gasteiger partial charge >= 0.3 is 11.8 Å². The van der Waals surface area contributed by atoms with Crippen molar-refractivity contribution in [3.63, 3.8) is 0 Å². The predicted molar refractivity (Wildman–Crippen MR) is 83.3 cm³/mol. The van der Waals surface area contributed by atoms with E-state index in [1.807, 2.05) is 18.2 Å². The average molecular weight is 310 g/mol. The Bertz CT molecular complexity index is 838. The number of aromatic nitrogens is 2. The summed E-state index contributed by atoms with van der Waals surface area (Å²) in [4.78, 5) is 20.0. The number of aliphatic carboxylic acids is 1. The molecule has 6 heteroatoms. The lowest BCUT2D eigenvalue weighted by atomic mass is 10.3. The number of carboxylic acids is 1. The van der Waals surface area contributed by atoms with Crippen LogP contribution in [0.25, 0.3) is 11.0 Å². The first-order valence-electron chi connectivity index (χ1n) is 6.95. The number of benzene rings is 2. The first-order chi connectivity index (χ1) is 11.1. The number of hydrogen-bond acceptors (Lipinski definition) is 5. The molecule has 0 radical (unpaired) electrons. The van der Waals surface area contributed by atoms with Crippen molar-refractivity contribution in [3.05, 3.63) is 60.8 Å². The van der Waals surface area contributed by atoms with Crippen LogP contribution in [0.2, 0.25) is 0 Å². The van der Waals surface area contributed by atoms with Crippen LogP contribution in [-0.4, -0.2) is 26.8 Å². The Balaban J connectivity index is 1.90. The summed E-state index contributed by atoms with van der Waals surface area (Å²) in [5.74, 6) is -2.73. The van der Waals surface area contributed by atoms with E-state index in [9.17, 15) is 9.90 Å². The van der Waals surface area contributed by atoms with E-state index in [0.29, 0.717) is 16.8 Å². The Morgan fingerprint density at radius 1 is 1.00 bits per heavy atom. The summed E-state index contributed by atoms with van der Waals surface area (Å²) in [6.07, 6.45) is 1.37. The zero-order valence-electron chi connectivity index (χ0n) is 12.3. The molecule has 23 heavy (non-hydrogen) atoms. The lowest BCUT2D eigenvalue weighted by Crippen LogP contribution is -2.47. The van der Waals surface area contributed by atoms with Crippen molar-refractivity contribution in [2.24, 2.45) is 0 Å². The quantitative estimate of drug-likeness (QED) is 0.730. The van der Waals surface area contributed by atoms with Crippen molar-refractivity contribution in [3.8, 4) is 11.6 Å². The van der Waals surface area contributed by atoms with Crippen LogP contribution in [0.1, 0.15) is 6.92 Å². The maximum atomic E-state index is 11.6. The molecule has 0 aliphatic heterocycles. The number of fused-ring (bicyclic) bond motifs is 1. The van der Waals surface area contributed by atoms with E-state index in [2.05, 4.69) is 9.97 Å². The minimum Gasteiger partial charge on any atom is -0.475 e. The van der Waals surface area contributed by atoms with Gasteiger partial charge in [0, 0.05) is 6.92 Å². The van der Waals surface area contributed by atoms with Crippen molar-refractivity contribution in [1.82, 2.24) is 9.97 Å². The van der Waals surface area contributed by atoms with Crippen LogP contribution in [0, 0.1) is 0 Å². The molecule has 1 atom stereocenters. The van der Waals surface area contributed by atoms with Gasteiger partial charge in [0.05, 0.1) is 17.2 Å². The molecular weight excluding hydrogens is 296 g/mol. The van der Waals surface area contributed by atoms with Crippen LogP contribution < -0.4 is 9.47 Å². The second kappa shape index (κ2) is 5.92. The smallest absolute Gasteiger partial charge is 0.390 e. The number of ether oxygens (including phenoxy) is 2. The van der Waals surface area contributed by atoms with Crippen LogP contribution in [-0.2, 0) is 4.79 Å². The molecular formula is C17H14N2O4. The summed E-state index contributed by atoms with van der Waals surface area (Å²) in [7, 11) is 0. The molecule has 0 saturated carbocycles. The van der Waals surface area contributed by atoms with E-state index < -0.39 is 11.8 Å². The molecule has 1 aromatic heterocycles. The third kappa shape index (κ3) is 3.21. The van der Waals surface area contributed by atoms with Gasteiger partial charge < -0.3 is 14.6 Å². The lowest BCUT2D eigenvalue weighted by molar-refractivity contribution is -0.181. The van der Waals surface area contributed by atoms with Crippen molar-refractivity contribution >= 4 is 17.0 Å². The molecule has 0 amide bonds. The number of para-hydroxylation sites is 3. The van der Waals surface area contributed by atoms with Crippen LogP contribution in [0.15, 0.2) is 60.8 Å². The highest BCUT2D eigenvalue weighted by molar-refractivity contribution is 5.76. The second-order valence-electron chi connectivity index (χ2n) is 4.96. The minimum absolute atomic E-state index is 0.0736. The maximum absolute atomic E-state index is 11.6. The number of carboxylic acid groups (broad SMARTS) is 1. The molecule has 2 aromatic carbocycles. The number of hydrogen-bond donors (Lipinski definition) is 1. The molecule has 6 nitrogen and oxygen atoms in total. The fraction of sp³-hybridized carbons (Fsp3) is 0.118. The summed E-state index contributed by atoms with van der Waals surface area (Å²) < 4.78 is 11.0. The van der Waals surface area contributed by atoms with Gasteiger partial charge in [0.2, 0.25) is 5.88 Å². The number of nitrogens with zero attached hydrogens (tertiary/aromatic N) is 2. The minimum atomic E-state index is -1.92. The van der Waals surface area contributed by atoms with E-state index in [-0.39, 0.29) is 5.88 Å². The van der Waals surface area contributed by atoms with Crippen molar-refractivity contribution in [2.75, 3.05) is 0 Å². The summed E-state index contributed by atoms with van der Waals surface area (Å²) in [5, 5.41) is 9.47. The summed E-state index contributed by atoms with van der Waals surface area (Å²) in [6, 6.07) is 15.8. The Morgan fingerprint density at radius 2 is 1.65 bits per heavy atom. The number of rotatable bonds is 5. The molecule has 0 aliphatic carbocycles. The topological polar surface area (TPSA) is 81.5 Å². The monoisotopic (exact) mass is 310 g/mol. The Morgan fingerprint density at radius 3 is 2.35 bits per heavy atom. The third-order valence-corrected chi connectivity index (χ3v) is 3.17. The maximum Gasteiger partial charge on any atom is 0.390 e. The highest BCUT2D eigenvalue weighted by Crippen LogP contribution is 2.23. The van der Waals surface area contributed by atoms with Gasteiger partial charge in [-0.25, -0.2) is 14.8 Å². The van der Waals surface area contributed by atoms with Gasteiger partial charge in [-0.05, 0) is 24.3 Å². The van der Waals surface area contributed by atoms with Crippen molar-refractivity contribution in [1.29, 1.82) is 0 Å².